The highest BCUT2D eigenvalue weighted by Crippen LogP contribution is 2.45. The van der Waals surface area contributed by atoms with Crippen molar-refractivity contribution in [1.82, 2.24) is 14.7 Å². The molecule has 1 saturated heterocycles. The van der Waals surface area contributed by atoms with E-state index in [2.05, 4.69) is 23.9 Å². The van der Waals surface area contributed by atoms with Crippen LogP contribution in [0.25, 0.3) is 0 Å². The quantitative estimate of drug-likeness (QED) is 0.636. The van der Waals surface area contributed by atoms with E-state index < -0.39 is 5.91 Å². The van der Waals surface area contributed by atoms with Gasteiger partial charge in [-0.05, 0) is 43.5 Å². The second-order valence-electron chi connectivity index (χ2n) is 8.93. The number of halogens is 1. The zero-order valence-corrected chi connectivity index (χ0v) is 18.1. The number of nitrogens with one attached hydrogen (secondary N) is 1. The van der Waals surface area contributed by atoms with E-state index in [9.17, 15) is 14.0 Å². The van der Waals surface area contributed by atoms with Crippen molar-refractivity contribution in [2.45, 2.75) is 32.2 Å². The fraction of sp³-hybridized carbons (Fsp3) is 0.435. The second kappa shape index (κ2) is 8.64. The lowest BCUT2D eigenvalue weighted by Crippen LogP contribution is -2.45. The minimum atomic E-state index is -0.638. The molecule has 170 valence electrons. The number of nitrogens with two attached hydrogens (primary N) is 1. The number of hydrogen-bond acceptors (Lipinski definition) is 5. The SMILES string of the molecule is C=C[C@@H]1CCN(C(=O)OCC2(C)CC2)C[C@H]1n1cc(C(N)=O)c(Nc2ccc(F)cc2)n1. The van der Waals surface area contributed by atoms with Crippen LogP contribution in [-0.4, -0.2) is 46.4 Å². The van der Waals surface area contributed by atoms with Gasteiger partial charge in [0.15, 0.2) is 5.82 Å². The molecule has 0 spiro atoms. The van der Waals surface area contributed by atoms with Crippen molar-refractivity contribution >= 4 is 23.5 Å². The smallest absolute Gasteiger partial charge is 0.409 e. The number of hydrogen-bond donors (Lipinski definition) is 2. The highest BCUT2D eigenvalue weighted by molar-refractivity contribution is 5.98. The highest BCUT2D eigenvalue weighted by atomic mass is 19.1. The number of allylic oxidation sites excluding steroid dienone is 1. The number of anilines is 2. The molecule has 1 saturated carbocycles. The number of likely N-dealkylation sites (tertiary alicyclic amines) is 1. The molecule has 2 heterocycles. The van der Waals surface area contributed by atoms with Gasteiger partial charge in [-0.1, -0.05) is 13.0 Å². The van der Waals surface area contributed by atoms with Crippen LogP contribution in [0.4, 0.5) is 20.7 Å². The zero-order chi connectivity index (χ0) is 22.9. The third-order valence-corrected chi connectivity index (χ3v) is 6.29. The lowest BCUT2D eigenvalue weighted by Gasteiger charge is -2.36. The average molecular weight is 442 g/mol. The Bertz CT molecular complexity index is 1020. The van der Waals surface area contributed by atoms with Gasteiger partial charge in [-0.2, -0.15) is 5.10 Å². The van der Waals surface area contributed by atoms with Gasteiger partial charge < -0.3 is 20.7 Å². The Morgan fingerprint density at radius 2 is 2.09 bits per heavy atom. The zero-order valence-electron chi connectivity index (χ0n) is 18.1. The minimum Gasteiger partial charge on any atom is -0.449 e. The summed E-state index contributed by atoms with van der Waals surface area (Å²) in [4.78, 5) is 26.3. The number of ether oxygens (including phenoxy) is 1. The van der Waals surface area contributed by atoms with Crippen molar-refractivity contribution in [2.75, 3.05) is 25.0 Å². The number of nitrogens with zero attached hydrogens (tertiary/aromatic N) is 3. The van der Waals surface area contributed by atoms with Crippen LogP contribution in [0.3, 0.4) is 0 Å². The molecule has 0 radical (unpaired) electrons. The van der Waals surface area contributed by atoms with Crippen LogP contribution in [0.1, 0.15) is 42.6 Å². The number of aromatic nitrogens is 2. The Labute approximate surface area is 186 Å². The second-order valence-corrected chi connectivity index (χ2v) is 8.93. The largest absolute Gasteiger partial charge is 0.449 e. The molecular weight excluding hydrogens is 413 g/mol. The van der Waals surface area contributed by atoms with Crippen LogP contribution >= 0.6 is 0 Å². The Morgan fingerprint density at radius 3 is 2.72 bits per heavy atom. The summed E-state index contributed by atoms with van der Waals surface area (Å²) in [5.41, 5.74) is 6.46. The van der Waals surface area contributed by atoms with Crippen molar-refractivity contribution in [3.8, 4) is 0 Å². The van der Waals surface area contributed by atoms with E-state index in [0.29, 0.717) is 31.8 Å². The Kier molecular flexibility index (Phi) is 5.90. The van der Waals surface area contributed by atoms with Gasteiger partial charge in [0.25, 0.3) is 5.91 Å². The normalized spacial score (nSPS) is 21.6. The molecule has 0 bridgehead atoms. The number of primary amides is 1. The summed E-state index contributed by atoms with van der Waals surface area (Å²) in [5, 5.41) is 7.57. The van der Waals surface area contributed by atoms with Crippen molar-refractivity contribution in [2.24, 2.45) is 17.1 Å². The summed E-state index contributed by atoms with van der Waals surface area (Å²) in [6.45, 7) is 7.41. The lowest BCUT2D eigenvalue weighted by atomic mass is 9.92. The van der Waals surface area contributed by atoms with Gasteiger partial charge >= 0.3 is 6.09 Å². The van der Waals surface area contributed by atoms with Crippen molar-refractivity contribution in [3.63, 3.8) is 0 Å². The minimum absolute atomic E-state index is 0.0549. The van der Waals surface area contributed by atoms with E-state index in [1.165, 1.54) is 12.1 Å². The summed E-state index contributed by atoms with van der Waals surface area (Å²) >= 11 is 0. The molecule has 3 N–H and O–H groups in total. The van der Waals surface area contributed by atoms with E-state index in [1.807, 2.05) is 6.08 Å². The van der Waals surface area contributed by atoms with E-state index >= 15 is 0 Å². The molecule has 2 aromatic rings. The van der Waals surface area contributed by atoms with Crippen molar-refractivity contribution < 1.29 is 18.7 Å². The molecule has 1 aromatic heterocycles. The predicted molar refractivity (Wildman–Crippen MR) is 118 cm³/mol. The average Bonchev–Trinajstić information content (AvgIpc) is 3.37. The van der Waals surface area contributed by atoms with Crippen LogP contribution in [0.2, 0.25) is 0 Å². The monoisotopic (exact) mass is 441 g/mol. The molecule has 0 unspecified atom stereocenters. The van der Waals surface area contributed by atoms with Crippen LogP contribution in [0.5, 0.6) is 0 Å². The number of carbonyl (C=O) groups excluding carboxylic acids is 2. The van der Waals surface area contributed by atoms with E-state index in [1.54, 1.807) is 27.9 Å². The summed E-state index contributed by atoms with van der Waals surface area (Å²) in [6, 6.07) is 5.48. The number of piperidine rings is 1. The van der Waals surface area contributed by atoms with Crippen molar-refractivity contribution in [3.05, 3.63) is 54.5 Å². The standard InChI is InChI=1S/C23H28FN5O3/c1-3-15-8-11-28(22(31)32-14-23(2)9-10-23)13-19(15)29-12-18(20(25)30)21(27-29)26-17-6-4-16(24)5-7-17/h3-7,12,15,19H,1,8-11,13-14H2,2H3,(H2,25,30)(H,26,27)/t15-,19-/m1/s1. The molecule has 2 atom stereocenters. The maximum absolute atomic E-state index is 13.2. The molecule has 2 fully saturated rings. The lowest BCUT2D eigenvalue weighted by molar-refractivity contribution is 0.0634. The first-order valence-corrected chi connectivity index (χ1v) is 10.7. The van der Waals surface area contributed by atoms with Gasteiger partial charge in [0.1, 0.15) is 11.4 Å². The summed E-state index contributed by atoms with van der Waals surface area (Å²) in [5.74, 6) is -0.678. The topological polar surface area (TPSA) is 102 Å². The summed E-state index contributed by atoms with van der Waals surface area (Å²) < 4.78 is 20.4. The molecule has 1 aliphatic carbocycles. The summed E-state index contributed by atoms with van der Waals surface area (Å²) in [7, 11) is 0. The molecule has 32 heavy (non-hydrogen) atoms. The maximum atomic E-state index is 13.2. The third kappa shape index (κ3) is 4.76. The first kappa shape index (κ1) is 21.9. The van der Waals surface area contributed by atoms with E-state index in [-0.39, 0.29) is 40.7 Å². The van der Waals surface area contributed by atoms with Crippen LogP contribution < -0.4 is 11.1 Å². The molecule has 2 aliphatic rings. The first-order valence-electron chi connectivity index (χ1n) is 10.7. The van der Waals surface area contributed by atoms with Crippen LogP contribution in [0, 0.1) is 17.2 Å². The van der Waals surface area contributed by atoms with Gasteiger partial charge in [0, 0.05) is 36.3 Å². The van der Waals surface area contributed by atoms with Crippen molar-refractivity contribution in [1.29, 1.82) is 0 Å². The molecule has 9 heteroatoms. The van der Waals surface area contributed by atoms with E-state index in [0.717, 1.165) is 12.8 Å². The maximum Gasteiger partial charge on any atom is 0.409 e. The highest BCUT2D eigenvalue weighted by Gasteiger charge is 2.40. The molecule has 1 aromatic carbocycles. The fourth-order valence-electron chi connectivity index (χ4n) is 3.86. The molecule has 2 amide bonds. The Hall–Kier alpha value is -3.36. The van der Waals surface area contributed by atoms with Crippen LogP contribution in [-0.2, 0) is 4.74 Å². The Morgan fingerprint density at radius 1 is 1.38 bits per heavy atom. The van der Waals surface area contributed by atoms with Gasteiger partial charge in [-0.3, -0.25) is 9.48 Å². The third-order valence-electron chi connectivity index (χ3n) is 6.29. The molecule has 1 aliphatic heterocycles. The number of benzene rings is 1. The van der Waals surface area contributed by atoms with Crippen LogP contribution in [0.15, 0.2) is 43.1 Å². The van der Waals surface area contributed by atoms with Gasteiger partial charge in [0.2, 0.25) is 0 Å². The molecule has 4 rings (SSSR count). The van der Waals surface area contributed by atoms with Gasteiger partial charge in [-0.25, -0.2) is 9.18 Å². The fourth-order valence-corrected chi connectivity index (χ4v) is 3.86. The Balaban J connectivity index is 1.53. The number of rotatable bonds is 7. The van der Waals surface area contributed by atoms with E-state index in [4.69, 9.17) is 10.5 Å². The summed E-state index contributed by atoms with van der Waals surface area (Å²) in [6.07, 6.45) is 5.94. The number of carbonyl (C=O) groups is 2. The number of amides is 2. The first-order chi connectivity index (χ1) is 15.3. The molecular formula is C23H28FN5O3. The molecule has 8 nitrogen and oxygen atoms in total. The van der Waals surface area contributed by atoms with Gasteiger partial charge in [-0.15, -0.1) is 6.58 Å². The van der Waals surface area contributed by atoms with Gasteiger partial charge in [0.05, 0.1) is 12.6 Å². The predicted octanol–water partition coefficient (Wildman–Crippen LogP) is 3.85.